The summed E-state index contributed by atoms with van der Waals surface area (Å²) in [5.41, 5.74) is 1.87. The third-order valence-electron chi connectivity index (χ3n) is 7.64. The lowest BCUT2D eigenvalue weighted by molar-refractivity contribution is -0.123. The zero-order valence-electron chi connectivity index (χ0n) is 22.4. The second kappa shape index (κ2) is 12.0. The van der Waals surface area contributed by atoms with Crippen molar-refractivity contribution in [3.05, 3.63) is 52.9 Å². The molecule has 2 aromatic carbocycles. The van der Waals surface area contributed by atoms with E-state index in [0.717, 1.165) is 31.6 Å². The predicted molar refractivity (Wildman–Crippen MR) is 151 cm³/mol. The zero-order chi connectivity index (χ0) is 28.3. The number of nitrogens with one attached hydrogen (secondary N) is 4. The maximum atomic E-state index is 13.2. The van der Waals surface area contributed by atoms with Gasteiger partial charge in [0.2, 0.25) is 15.9 Å². The summed E-state index contributed by atoms with van der Waals surface area (Å²) in [6, 6.07) is 11.8. The highest BCUT2D eigenvalue weighted by atomic mass is 32.2. The molecule has 2 aliphatic heterocycles. The van der Waals surface area contributed by atoms with Crippen LogP contribution in [0.25, 0.3) is 11.0 Å². The number of anilines is 1. The van der Waals surface area contributed by atoms with E-state index in [1.165, 1.54) is 11.4 Å². The average Bonchev–Trinajstić information content (AvgIpc) is 3.62. The first-order chi connectivity index (χ1) is 19.3. The minimum absolute atomic E-state index is 0.0920. The summed E-state index contributed by atoms with van der Waals surface area (Å²) in [5, 5.41) is 16.4. The molecule has 2 aliphatic rings. The van der Waals surface area contributed by atoms with Gasteiger partial charge < -0.3 is 35.3 Å². The molecule has 13 heteroatoms. The van der Waals surface area contributed by atoms with E-state index < -0.39 is 22.2 Å². The van der Waals surface area contributed by atoms with E-state index in [9.17, 15) is 23.1 Å². The van der Waals surface area contributed by atoms with Gasteiger partial charge in [-0.15, -0.1) is 0 Å². The Hall–Kier alpha value is -3.39. The Labute approximate surface area is 232 Å². The first-order valence-electron chi connectivity index (χ1n) is 13.6. The first kappa shape index (κ1) is 28.1. The van der Waals surface area contributed by atoms with Crippen LogP contribution in [0.1, 0.15) is 25.7 Å². The number of para-hydroxylation sites is 1. The van der Waals surface area contributed by atoms with Gasteiger partial charge in [-0.05, 0) is 62.1 Å². The summed E-state index contributed by atoms with van der Waals surface area (Å²) >= 11 is 0. The fraction of sp³-hybridized carbons (Fsp3) is 0.481. The lowest BCUT2D eigenvalue weighted by Crippen LogP contribution is -2.45. The number of sulfonamides is 1. The second-order valence-electron chi connectivity index (χ2n) is 10.3. The van der Waals surface area contributed by atoms with Crippen LogP contribution in [0.4, 0.5) is 5.69 Å². The number of H-pyrrole nitrogens is 2. The number of nitrogens with zero attached hydrogens (tertiary/aromatic N) is 2. The molecule has 2 fully saturated rings. The standard InChI is InChI=1S/C27H36N6O6S/c1-28-26(35)23-5-3-13-33(23)40(37,38)21-9-7-19(8-10-21)32-14-11-18(12-15-32)29-16-20(34)17-39-24-6-2-4-22-25(24)31-27(36)30-22/h2,4,6-10,18,20,23,29,34H,3,5,11-17H2,1H3,(H,28,35)(H2,30,31,36). The SMILES string of the molecule is CNC(=O)C1CCCN1S(=O)(=O)c1ccc(N2CCC(NCC(O)COc3cccc4[nH]c(=O)[nH]c34)CC2)cc1. The molecule has 12 nitrogen and oxygen atoms in total. The first-order valence-corrected chi connectivity index (χ1v) is 15.0. The number of rotatable bonds is 10. The molecule has 3 heterocycles. The quantitative estimate of drug-likeness (QED) is 0.238. The van der Waals surface area contributed by atoms with Gasteiger partial charge in [-0.25, -0.2) is 13.2 Å². The van der Waals surface area contributed by atoms with E-state index >= 15 is 0 Å². The number of amides is 1. The number of aromatic amines is 2. The van der Waals surface area contributed by atoms with Crippen molar-refractivity contribution >= 4 is 32.7 Å². The van der Waals surface area contributed by atoms with Crippen molar-refractivity contribution < 1.29 is 23.1 Å². The van der Waals surface area contributed by atoms with Crippen LogP contribution >= 0.6 is 0 Å². The molecule has 0 saturated carbocycles. The number of ether oxygens (including phenoxy) is 1. The van der Waals surface area contributed by atoms with Gasteiger partial charge in [-0.1, -0.05) is 6.07 Å². The summed E-state index contributed by atoms with van der Waals surface area (Å²) in [6.07, 6.45) is 2.22. The molecule has 5 rings (SSSR count). The Morgan fingerprint density at radius 2 is 1.85 bits per heavy atom. The molecule has 5 N–H and O–H groups in total. The van der Waals surface area contributed by atoms with Crippen LogP contribution < -0.4 is 26.0 Å². The Kier molecular flexibility index (Phi) is 8.45. The zero-order valence-corrected chi connectivity index (χ0v) is 23.2. The van der Waals surface area contributed by atoms with Gasteiger partial charge in [-0.3, -0.25) is 4.79 Å². The highest BCUT2D eigenvalue weighted by molar-refractivity contribution is 7.89. The van der Waals surface area contributed by atoms with Crippen molar-refractivity contribution in [2.24, 2.45) is 0 Å². The van der Waals surface area contributed by atoms with Crippen molar-refractivity contribution in [3.8, 4) is 5.75 Å². The van der Waals surface area contributed by atoms with Gasteiger partial charge in [0.15, 0.2) is 0 Å². The molecular weight excluding hydrogens is 536 g/mol. The van der Waals surface area contributed by atoms with E-state index in [0.29, 0.717) is 42.7 Å². The summed E-state index contributed by atoms with van der Waals surface area (Å²) < 4.78 is 33.4. The topological polar surface area (TPSA) is 160 Å². The molecule has 1 aromatic heterocycles. The molecule has 2 atom stereocenters. The van der Waals surface area contributed by atoms with Crippen molar-refractivity contribution in [1.29, 1.82) is 0 Å². The Morgan fingerprint density at radius 1 is 1.10 bits per heavy atom. The largest absolute Gasteiger partial charge is 0.489 e. The van der Waals surface area contributed by atoms with Crippen molar-refractivity contribution in [1.82, 2.24) is 24.9 Å². The lowest BCUT2D eigenvalue weighted by Gasteiger charge is -2.34. The summed E-state index contributed by atoms with van der Waals surface area (Å²) in [6.45, 7) is 2.40. The summed E-state index contributed by atoms with van der Waals surface area (Å²) in [4.78, 5) is 31.5. The Bertz CT molecular complexity index is 1480. The van der Waals surface area contributed by atoms with Gasteiger partial charge in [0.05, 0.1) is 10.4 Å². The van der Waals surface area contributed by atoms with Gasteiger partial charge in [0.25, 0.3) is 0 Å². The van der Waals surface area contributed by atoms with Gasteiger partial charge in [-0.2, -0.15) is 4.31 Å². The van der Waals surface area contributed by atoms with E-state index in [-0.39, 0.29) is 29.1 Å². The predicted octanol–water partition coefficient (Wildman–Crippen LogP) is 0.754. The van der Waals surface area contributed by atoms with Gasteiger partial charge >= 0.3 is 5.69 Å². The number of aromatic nitrogens is 2. The number of piperidine rings is 1. The van der Waals surface area contributed by atoms with Gasteiger partial charge in [0, 0.05) is 45.0 Å². The number of imidazole rings is 1. The average molecular weight is 573 g/mol. The third-order valence-corrected chi connectivity index (χ3v) is 9.56. The molecule has 0 aliphatic carbocycles. The smallest absolute Gasteiger partial charge is 0.323 e. The molecule has 2 unspecified atom stereocenters. The van der Waals surface area contributed by atoms with Crippen LogP contribution in [0.3, 0.4) is 0 Å². The maximum absolute atomic E-state index is 13.2. The highest BCUT2D eigenvalue weighted by Gasteiger charge is 2.39. The molecule has 0 bridgehead atoms. The van der Waals surface area contributed by atoms with Crippen LogP contribution in [-0.2, 0) is 14.8 Å². The highest BCUT2D eigenvalue weighted by Crippen LogP contribution is 2.28. The number of carbonyl (C=O) groups is 1. The normalized spacial score (nSPS) is 19.6. The summed E-state index contributed by atoms with van der Waals surface area (Å²) in [7, 11) is -2.23. The van der Waals surface area contributed by atoms with Crippen LogP contribution in [0.2, 0.25) is 0 Å². The third kappa shape index (κ3) is 6.02. The van der Waals surface area contributed by atoms with Crippen LogP contribution in [-0.4, -0.2) is 91.7 Å². The molecule has 2 saturated heterocycles. The van der Waals surface area contributed by atoms with E-state index in [1.807, 2.05) is 12.1 Å². The molecule has 0 spiro atoms. The number of aliphatic hydroxyl groups excluding tert-OH is 1. The number of carbonyl (C=O) groups excluding carboxylic acids is 1. The van der Waals surface area contributed by atoms with Gasteiger partial charge in [0.1, 0.15) is 30.0 Å². The van der Waals surface area contributed by atoms with Crippen LogP contribution in [0.15, 0.2) is 52.2 Å². The van der Waals surface area contributed by atoms with E-state index in [2.05, 4.69) is 25.5 Å². The number of hydrogen-bond acceptors (Lipinski definition) is 8. The van der Waals surface area contributed by atoms with Crippen LogP contribution in [0.5, 0.6) is 5.75 Å². The number of benzene rings is 2. The lowest BCUT2D eigenvalue weighted by atomic mass is 10.0. The minimum atomic E-state index is -3.75. The Morgan fingerprint density at radius 3 is 2.58 bits per heavy atom. The number of fused-ring (bicyclic) bond motifs is 1. The fourth-order valence-corrected chi connectivity index (χ4v) is 7.12. The van der Waals surface area contributed by atoms with E-state index in [4.69, 9.17) is 4.74 Å². The number of likely N-dealkylation sites (N-methyl/N-ethyl adjacent to an activating group) is 1. The maximum Gasteiger partial charge on any atom is 0.323 e. The second-order valence-corrected chi connectivity index (χ2v) is 12.2. The van der Waals surface area contributed by atoms with Crippen molar-refractivity contribution in [2.45, 2.75) is 48.8 Å². The fourth-order valence-electron chi connectivity index (χ4n) is 5.46. The molecular formula is C27H36N6O6S. The number of hydrogen-bond donors (Lipinski definition) is 5. The minimum Gasteiger partial charge on any atom is -0.489 e. The summed E-state index contributed by atoms with van der Waals surface area (Å²) in [5.74, 6) is 0.231. The number of aliphatic hydroxyl groups is 1. The van der Waals surface area contributed by atoms with E-state index in [1.54, 1.807) is 30.3 Å². The molecule has 216 valence electrons. The molecule has 0 radical (unpaired) electrons. The molecule has 3 aromatic rings. The molecule has 40 heavy (non-hydrogen) atoms. The Balaban J connectivity index is 1.09. The van der Waals surface area contributed by atoms with Crippen LogP contribution in [0, 0.1) is 0 Å². The van der Waals surface area contributed by atoms with Crippen molar-refractivity contribution in [3.63, 3.8) is 0 Å². The monoisotopic (exact) mass is 572 g/mol. The molecule has 1 amide bonds. The van der Waals surface area contributed by atoms with Crippen molar-refractivity contribution in [2.75, 3.05) is 44.7 Å².